The molecule has 0 aromatic heterocycles. The number of nitrogens with zero attached hydrogens (tertiary/aromatic N) is 1. The Bertz CT molecular complexity index is 1080. The molecule has 1 heterocycles. The quantitative estimate of drug-likeness (QED) is 0.252. The number of carbonyl (C=O) groups is 3. The zero-order valence-electron chi connectivity index (χ0n) is 25.1. The van der Waals surface area contributed by atoms with Gasteiger partial charge in [0.25, 0.3) is 0 Å². The molecule has 2 amide bonds. The second kappa shape index (κ2) is 12.4. The van der Waals surface area contributed by atoms with E-state index < -0.39 is 30.1 Å². The third-order valence-electron chi connectivity index (χ3n) is 9.63. The largest absolute Gasteiger partial charge is 0.504 e. The van der Waals surface area contributed by atoms with Gasteiger partial charge in [-0.15, -0.1) is 0 Å². The van der Waals surface area contributed by atoms with Crippen LogP contribution in [-0.2, 0) is 25.5 Å². The van der Waals surface area contributed by atoms with E-state index in [1.807, 2.05) is 6.92 Å². The molecule has 40 heavy (non-hydrogen) atoms. The van der Waals surface area contributed by atoms with Crippen molar-refractivity contribution in [2.75, 3.05) is 6.54 Å². The van der Waals surface area contributed by atoms with Crippen LogP contribution in [-0.4, -0.2) is 68.8 Å². The van der Waals surface area contributed by atoms with Gasteiger partial charge in [0, 0.05) is 13.0 Å². The summed E-state index contributed by atoms with van der Waals surface area (Å²) in [5.41, 5.74) is 0.816. The van der Waals surface area contributed by atoms with Crippen LogP contribution in [0.5, 0.6) is 11.5 Å². The SMILES string of the molecule is CC(CC1CCC(C)(C)C1(C)C)OC(=O)[C@@H]1CCCN1C(=O)[C@@H](NC(=O)[C@H](O)Cc1ccc(O)c(O)c1)C(C)C. The van der Waals surface area contributed by atoms with Crippen LogP contribution in [0.15, 0.2) is 18.2 Å². The van der Waals surface area contributed by atoms with Crippen LogP contribution < -0.4 is 5.32 Å². The molecule has 1 aromatic carbocycles. The number of likely N-dealkylation sites (tertiary alicyclic amines) is 1. The van der Waals surface area contributed by atoms with Crippen LogP contribution in [0, 0.1) is 22.7 Å². The fourth-order valence-electron chi connectivity index (χ4n) is 6.14. The highest BCUT2D eigenvalue weighted by Crippen LogP contribution is 2.57. The lowest BCUT2D eigenvalue weighted by Gasteiger charge is -2.40. The number of aliphatic hydroxyl groups excluding tert-OH is 1. The molecule has 1 aromatic rings. The number of benzene rings is 1. The van der Waals surface area contributed by atoms with Gasteiger partial charge in [0.15, 0.2) is 11.5 Å². The standard InChI is InChI=1S/C31H48N2O7/c1-18(2)26(32-27(37)25(36)17-20-10-11-23(34)24(35)16-20)28(38)33-14-8-9-22(33)29(39)40-19(3)15-21-12-13-30(4,5)31(21,6)7/h10-11,16,18-19,21-22,25-26,34-36H,8-9,12-15,17H2,1-7H3,(H,32,37)/t19?,21?,22-,25+,26-/m0/s1. The molecule has 1 saturated heterocycles. The van der Waals surface area contributed by atoms with Gasteiger partial charge >= 0.3 is 5.97 Å². The summed E-state index contributed by atoms with van der Waals surface area (Å²) in [7, 11) is 0. The van der Waals surface area contributed by atoms with Gasteiger partial charge in [-0.25, -0.2) is 4.79 Å². The summed E-state index contributed by atoms with van der Waals surface area (Å²) in [6.45, 7) is 15.1. The Balaban J connectivity index is 1.61. The van der Waals surface area contributed by atoms with E-state index >= 15 is 0 Å². The molecule has 2 unspecified atom stereocenters. The second-order valence-corrected chi connectivity index (χ2v) is 13.3. The van der Waals surface area contributed by atoms with Crippen LogP contribution in [0.1, 0.15) is 86.1 Å². The van der Waals surface area contributed by atoms with E-state index in [1.54, 1.807) is 13.8 Å². The second-order valence-electron chi connectivity index (χ2n) is 13.3. The van der Waals surface area contributed by atoms with Gasteiger partial charge in [-0.3, -0.25) is 9.59 Å². The average Bonchev–Trinajstić information content (AvgIpc) is 3.43. The van der Waals surface area contributed by atoms with Crippen molar-refractivity contribution >= 4 is 17.8 Å². The third kappa shape index (κ3) is 6.90. The van der Waals surface area contributed by atoms with Crippen LogP contribution in [0.3, 0.4) is 0 Å². The first-order valence-electron chi connectivity index (χ1n) is 14.6. The number of aromatic hydroxyl groups is 2. The average molecular weight is 561 g/mol. The maximum Gasteiger partial charge on any atom is 0.329 e. The normalized spacial score (nSPS) is 24.0. The van der Waals surface area contributed by atoms with Gasteiger partial charge in [-0.1, -0.05) is 47.6 Å². The number of phenols is 2. The van der Waals surface area contributed by atoms with Gasteiger partial charge in [-0.2, -0.15) is 0 Å². The number of ether oxygens (including phenoxy) is 1. The summed E-state index contributed by atoms with van der Waals surface area (Å²) in [6, 6.07) is 2.41. The minimum atomic E-state index is -1.47. The van der Waals surface area contributed by atoms with E-state index in [0.717, 1.165) is 19.3 Å². The molecule has 5 atom stereocenters. The number of aliphatic hydroxyl groups is 1. The van der Waals surface area contributed by atoms with Gasteiger partial charge in [0.1, 0.15) is 18.2 Å². The summed E-state index contributed by atoms with van der Waals surface area (Å²) in [5, 5.41) is 32.3. The third-order valence-corrected chi connectivity index (χ3v) is 9.63. The zero-order valence-corrected chi connectivity index (χ0v) is 25.1. The van der Waals surface area contributed by atoms with Crippen molar-refractivity contribution in [2.45, 2.75) is 111 Å². The summed E-state index contributed by atoms with van der Waals surface area (Å²) < 4.78 is 5.88. The van der Waals surface area contributed by atoms with Crippen molar-refractivity contribution in [3.8, 4) is 11.5 Å². The first-order chi connectivity index (χ1) is 18.5. The number of amides is 2. The lowest BCUT2D eigenvalue weighted by Crippen LogP contribution is -2.55. The Morgan fingerprint density at radius 3 is 2.33 bits per heavy atom. The van der Waals surface area contributed by atoms with Crippen molar-refractivity contribution in [2.24, 2.45) is 22.7 Å². The molecule has 1 aliphatic heterocycles. The Labute approximate surface area is 238 Å². The molecule has 1 saturated carbocycles. The molecular formula is C31H48N2O7. The molecule has 224 valence electrons. The lowest BCUT2D eigenvalue weighted by atomic mass is 9.66. The van der Waals surface area contributed by atoms with E-state index in [4.69, 9.17) is 4.74 Å². The summed E-state index contributed by atoms with van der Waals surface area (Å²) in [5.74, 6) is -1.99. The van der Waals surface area contributed by atoms with Crippen molar-refractivity contribution in [3.63, 3.8) is 0 Å². The molecule has 9 nitrogen and oxygen atoms in total. The number of rotatable bonds is 10. The minimum Gasteiger partial charge on any atom is -0.504 e. The van der Waals surface area contributed by atoms with Gasteiger partial charge in [-0.05, 0) is 79.4 Å². The molecule has 0 radical (unpaired) electrons. The van der Waals surface area contributed by atoms with Gasteiger partial charge < -0.3 is 30.3 Å². The fourth-order valence-corrected chi connectivity index (χ4v) is 6.14. The Morgan fingerprint density at radius 1 is 1.07 bits per heavy atom. The number of hydrogen-bond donors (Lipinski definition) is 4. The first kappa shape index (κ1) is 31.7. The molecule has 0 bridgehead atoms. The smallest absolute Gasteiger partial charge is 0.329 e. The Hall–Kier alpha value is -2.81. The van der Waals surface area contributed by atoms with E-state index in [0.29, 0.717) is 30.9 Å². The zero-order chi connectivity index (χ0) is 30.0. The van der Waals surface area contributed by atoms with E-state index in [1.165, 1.54) is 23.1 Å². The van der Waals surface area contributed by atoms with E-state index in [2.05, 4.69) is 33.0 Å². The summed E-state index contributed by atoms with van der Waals surface area (Å²) in [4.78, 5) is 41.1. The maximum atomic E-state index is 13.6. The molecule has 3 rings (SSSR count). The maximum absolute atomic E-state index is 13.6. The Morgan fingerprint density at radius 2 is 1.75 bits per heavy atom. The molecular weight excluding hydrogens is 512 g/mol. The predicted octanol–water partition coefficient (Wildman–Crippen LogP) is 3.92. The van der Waals surface area contributed by atoms with Gasteiger partial charge in [0.2, 0.25) is 11.8 Å². The van der Waals surface area contributed by atoms with Crippen LogP contribution in [0.25, 0.3) is 0 Å². The highest BCUT2D eigenvalue weighted by atomic mass is 16.5. The van der Waals surface area contributed by atoms with Crippen LogP contribution >= 0.6 is 0 Å². The highest BCUT2D eigenvalue weighted by molar-refractivity contribution is 5.92. The molecule has 9 heteroatoms. The molecule has 2 fully saturated rings. The molecule has 2 aliphatic rings. The molecule has 4 N–H and O–H groups in total. The van der Waals surface area contributed by atoms with Crippen molar-refractivity contribution in [1.29, 1.82) is 0 Å². The minimum absolute atomic E-state index is 0.107. The highest BCUT2D eigenvalue weighted by Gasteiger charge is 2.49. The first-order valence-corrected chi connectivity index (χ1v) is 14.6. The number of phenolic OH excluding ortho intramolecular Hbond substituents is 2. The van der Waals surface area contributed by atoms with Crippen LogP contribution in [0.4, 0.5) is 0 Å². The number of nitrogens with one attached hydrogen (secondary N) is 1. The van der Waals surface area contributed by atoms with Crippen molar-refractivity contribution in [1.82, 2.24) is 10.2 Å². The number of esters is 1. The lowest BCUT2D eigenvalue weighted by molar-refractivity contribution is -0.159. The Kier molecular flexibility index (Phi) is 9.81. The molecule has 0 spiro atoms. The topological polar surface area (TPSA) is 136 Å². The number of hydrogen-bond acceptors (Lipinski definition) is 7. The molecule has 1 aliphatic carbocycles. The summed E-state index contributed by atoms with van der Waals surface area (Å²) >= 11 is 0. The predicted molar refractivity (Wildman–Crippen MR) is 151 cm³/mol. The monoisotopic (exact) mass is 560 g/mol. The number of carbonyl (C=O) groups excluding carboxylic acids is 3. The summed E-state index contributed by atoms with van der Waals surface area (Å²) in [6.07, 6.45) is 2.35. The van der Waals surface area contributed by atoms with Crippen LogP contribution in [0.2, 0.25) is 0 Å². The van der Waals surface area contributed by atoms with E-state index in [9.17, 15) is 29.7 Å². The van der Waals surface area contributed by atoms with E-state index in [-0.39, 0.29) is 46.7 Å². The van der Waals surface area contributed by atoms with Crippen molar-refractivity contribution in [3.05, 3.63) is 23.8 Å². The fraction of sp³-hybridized carbons (Fsp3) is 0.710. The van der Waals surface area contributed by atoms with Crippen molar-refractivity contribution < 1.29 is 34.4 Å². The van der Waals surface area contributed by atoms with Gasteiger partial charge in [0.05, 0.1) is 6.10 Å².